The van der Waals surface area contributed by atoms with Crippen LogP contribution in [0.5, 0.6) is 0 Å². The Morgan fingerprint density at radius 1 is 0.522 bits per heavy atom. The molecule has 6 heteroatoms. The Balaban J connectivity index is 1.24. The molecule has 2 atom stereocenters. The highest BCUT2D eigenvalue weighted by atomic mass is 15.1. The summed E-state index contributed by atoms with van der Waals surface area (Å²) in [6.45, 7) is 0. The van der Waals surface area contributed by atoms with Crippen molar-refractivity contribution in [2.75, 3.05) is 5.32 Å². The number of hydrogen-bond donors (Lipinski definition) is 2. The van der Waals surface area contributed by atoms with Crippen molar-refractivity contribution in [2.24, 2.45) is 9.98 Å². The minimum Gasteiger partial charge on any atom is -0.366 e. The molecule has 0 fully saturated rings. The third-order valence-corrected chi connectivity index (χ3v) is 8.31. The van der Waals surface area contributed by atoms with Gasteiger partial charge in [-0.1, -0.05) is 97.1 Å². The number of nitrogens with one attached hydrogen (secondary N) is 2. The predicted octanol–water partition coefficient (Wildman–Crippen LogP) is 8.63. The summed E-state index contributed by atoms with van der Waals surface area (Å²) in [7, 11) is 0. The van der Waals surface area contributed by atoms with Crippen molar-refractivity contribution in [1.82, 2.24) is 15.3 Å². The van der Waals surface area contributed by atoms with Gasteiger partial charge in [-0.05, 0) is 76.0 Å². The first kappa shape index (κ1) is 27.4. The number of fused-ring (bicyclic) bond motifs is 1. The number of nitrogens with zero attached hydrogens (tertiary/aromatic N) is 4. The summed E-state index contributed by atoms with van der Waals surface area (Å²) in [5.41, 5.74) is 11.7. The van der Waals surface area contributed by atoms with Crippen molar-refractivity contribution in [3.05, 3.63) is 174 Å². The molecule has 2 aliphatic rings. The summed E-state index contributed by atoms with van der Waals surface area (Å²) in [5, 5.41) is 7.07. The maximum absolute atomic E-state index is 5.35. The molecule has 6 nitrogen and oxygen atoms in total. The Morgan fingerprint density at radius 3 is 1.96 bits per heavy atom. The topological polar surface area (TPSA) is 74.6 Å². The van der Waals surface area contributed by atoms with E-state index in [4.69, 9.17) is 4.99 Å². The van der Waals surface area contributed by atoms with E-state index < -0.39 is 0 Å². The zero-order chi connectivity index (χ0) is 30.7. The standard InChI is InChI=1S/C40H30N6/c1-3-9-27(10-4-1)31-17-18-35-36(26-31)45-40(46-37(35)29-11-5-2-6-12-29)34-24-32(23-33(25-34)39-43-21-8-22-44-39)28-13-15-30(16-14-28)38-41-19-7-20-42-38/h1-26,38,40-41,45H. The third kappa shape index (κ3) is 5.48. The Bertz CT molecular complexity index is 2090. The highest BCUT2D eigenvalue weighted by Gasteiger charge is 2.24. The number of aliphatic imine (C=N–C) groups is 2. The maximum Gasteiger partial charge on any atom is 0.159 e. The van der Waals surface area contributed by atoms with Gasteiger partial charge in [0, 0.05) is 41.0 Å². The fourth-order valence-electron chi connectivity index (χ4n) is 6.00. The number of allylic oxidation sites excluding steroid dienone is 1. The number of hydrogen-bond acceptors (Lipinski definition) is 6. The SMILES string of the molecule is C1=CNC(c2ccc(-c3cc(-c4ncccn4)cc(C4N=C(c5ccccc5)c5ccc(-c6ccccc6)cc5N4)c3)cc2)N=C1. The van der Waals surface area contributed by atoms with Gasteiger partial charge >= 0.3 is 0 Å². The molecule has 0 saturated heterocycles. The molecule has 46 heavy (non-hydrogen) atoms. The third-order valence-electron chi connectivity index (χ3n) is 8.31. The number of rotatable bonds is 6. The summed E-state index contributed by atoms with van der Waals surface area (Å²) in [4.78, 5) is 19.1. The van der Waals surface area contributed by atoms with Crippen LogP contribution in [0.25, 0.3) is 33.6 Å². The highest BCUT2D eigenvalue weighted by molar-refractivity contribution is 6.17. The van der Waals surface area contributed by atoms with E-state index in [1.165, 1.54) is 5.56 Å². The number of benzene rings is 5. The zero-order valence-corrected chi connectivity index (χ0v) is 25.0. The Morgan fingerprint density at radius 2 is 1.22 bits per heavy atom. The zero-order valence-electron chi connectivity index (χ0n) is 25.0. The Hall–Kier alpha value is -6.14. The van der Waals surface area contributed by atoms with Crippen LogP contribution in [0, 0.1) is 0 Å². The van der Waals surface area contributed by atoms with Crippen LogP contribution in [-0.2, 0) is 0 Å². The molecule has 3 heterocycles. The summed E-state index contributed by atoms with van der Waals surface area (Å²) in [6, 6.07) is 44.4. The van der Waals surface area contributed by atoms with Gasteiger partial charge in [0.2, 0.25) is 0 Å². The van der Waals surface area contributed by atoms with E-state index in [1.54, 1.807) is 12.4 Å². The minimum absolute atomic E-state index is 0.0864. The van der Waals surface area contributed by atoms with Crippen molar-refractivity contribution in [1.29, 1.82) is 0 Å². The van der Waals surface area contributed by atoms with Crippen molar-refractivity contribution >= 4 is 17.6 Å². The molecule has 2 aliphatic heterocycles. The number of anilines is 1. The van der Waals surface area contributed by atoms with E-state index in [2.05, 4.69) is 135 Å². The van der Waals surface area contributed by atoms with Gasteiger partial charge < -0.3 is 10.6 Å². The molecule has 6 aromatic rings. The van der Waals surface area contributed by atoms with E-state index in [9.17, 15) is 0 Å². The van der Waals surface area contributed by atoms with Gasteiger partial charge in [0.25, 0.3) is 0 Å². The van der Waals surface area contributed by atoms with E-state index in [0.29, 0.717) is 5.82 Å². The largest absolute Gasteiger partial charge is 0.366 e. The lowest BCUT2D eigenvalue weighted by Crippen LogP contribution is -2.21. The van der Waals surface area contributed by atoms with Crippen LogP contribution < -0.4 is 10.6 Å². The molecular weight excluding hydrogens is 564 g/mol. The molecule has 8 rings (SSSR count). The van der Waals surface area contributed by atoms with Crippen LogP contribution in [0.15, 0.2) is 162 Å². The van der Waals surface area contributed by atoms with Crippen LogP contribution in [0.2, 0.25) is 0 Å². The lowest BCUT2D eigenvalue weighted by Gasteiger charge is -2.27. The van der Waals surface area contributed by atoms with Gasteiger partial charge in [0.1, 0.15) is 12.3 Å². The summed E-state index contributed by atoms with van der Waals surface area (Å²) < 4.78 is 0. The van der Waals surface area contributed by atoms with E-state index in [1.807, 2.05) is 36.7 Å². The molecule has 0 spiro atoms. The summed E-state index contributed by atoms with van der Waals surface area (Å²) in [6.07, 6.45) is 8.79. The van der Waals surface area contributed by atoms with Crippen LogP contribution in [0.4, 0.5) is 5.69 Å². The number of aromatic nitrogens is 2. The monoisotopic (exact) mass is 594 g/mol. The van der Waals surface area contributed by atoms with Crippen LogP contribution in [0.3, 0.4) is 0 Å². The quantitative estimate of drug-likeness (QED) is 0.202. The highest BCUT2D eigenvalue weighted by Crippen LogP contribution is 2.38. The summed E-state index contributed by atoms with van der Waals surface area (Å²) >= 11 is 0. The second-order valence-corrected chi connectivity index (χ2v) is 11.3. The van der Waals surface area contributed by atoms with Crippen LogP contribution >= 0.6 is 0 Å². The first-order chi connectivity index (χ1) is 22.8. The molecule has 0 bridgehead atoms. The summed E-state index contributed by atoms with van der Waals surface area (Å²) in [5.74, 6) is 0.671. The lowest BCUT2D eigenvalue weighted by molar-refractivity contribution is 0.653. The first-order valence-electron chi connectivity index (χ1n) is 15.4. The molecule has 1 aromatic heterocycles. The molecule has 0 saturated carbocycles. The van der Waals surface area contributed by atoms with Crippen molar-refractivity contribution in [2.45, 2.75) is 12.3 Å². The van der Waals surface area contributed by atoms with Gasteiger partial charge in [-0.25, -0.2) is 9.97 Å². The average Bonchev–Trinajstić information content (AvgIpc) is 3.15. The Kier molecular flexibility index (Phi) is 7.21. The van der Waals surface area contributed by atoms with Gasteiger partial charge in [0.05, 0.1) is 5.71 Å². The predicted molar refractivity (Wildman–Crippen MR) is 187 cm³/mol. The molecule has 5 aromatic carbocycles. The van der Waals surface area contributed by atoms with Gasteiger partial charge in [0.15, 0.2) is 5.82 Å². The second-order valence-electron chi connectivity index (χ2n) is 11.3. The van der Waals surface area contributed by atoms with E-state index >= 15 is 0 Å². The van der Waals surface area contributed by atoms with E-state index in [-0.39, 0.29) is 12.3 Å². The fourth-order valence-corrected chi connectivity index (χ4v) is 6.00. The first-order valence-corrected chi connectivity index (χ1v) is 15.4. The lowest BCUT2D eigenvalue weighted by atomic mass is 9.93. The van der Waals surface area contributed by atoms with Gasteiger partial charge in [-0.15, -0.1) is 0 Å². The molecule has 0 amide bonds. The van der Waals surface area contributed by atoms with Crippen molar-refractivity contribution in [3.63, 3.8) is 0 Å². The van der Waals surface area contributed by atoms with Crippen LogP contribution in [0.1, 0.15) is 34.6 Å². The minimum atomic E-state index is -0.331. The molecule has 2 unspecified atom stereocenters. The molecule has 0 radical (unpaired) electrons. The maximum atomic E-state index is 5.35. The smallest absolute Gasteiger partial charge is 0.159 e. The molecule has 220 valence electrons. The fraction of sp³-hybridized carbons (Fsp3) is 0.0500. The van der Waals surface area contributed by atoms with Crippen molar-refractivity contribution < 1.29 is 0 Å². The average molecular weight is 595 g/mol. The Labute approximate surface area is 268 Å². The van der Waals surface area contributed by atoms with Gasteiger partial charge in [-0.3, -0.25) is 9.98 Å². The molecule has 0 aliphatic carbocycles. The van der Waals surface area contributed by atoms with E-state index in [0.717, 1.165) is 55.9 Å². The second kappa shape index (κ2) is 12.1. The molecule has 2 N–H and O–H groups in total. The van der Waals surface area contributed by atoms with Gasteiger partial charge in [-0.2, -0.15) is 0 Å². The normalized spacial score (nSPS) is 16.6. The van der Waals surface area contributed by atoms with Crippen LogP contribution in [-0.4, -0.2) is 21.9 Å². The van der Waals surface area contributed by atoms with Crippen molar-refractivity contribution in [3.8, 4) is 33.6 Å². The molecular formula is C40H30N6.